The number of hydrogen-bond donors (Lipinski definition) is 0. The number of rotatable bonds is 4. The molecule has 0 N–H and O–H groups in total. The largest absolute Gasteiger partial charge is 0.426 e. The number of nitrogens with zero attached hydrogens (tertiary/aromatic N) is 2. The van der Waals surface area contributed by atoms with E-state index in [-0.39, 0.29) is 12.4 Å². The lowest BCUT2D eigenvalue weighted by molar-refractivity contribution is -0.133. The van der Waals surface area contributed by atoms with E-state index >= 15 is 0 Å². The molecule has 1 aromatic carbocycles. The molecule has 0 bridgehead atoms. The molecule has 0 aliphatic heterocycles. The van der Waals surface area contributed by atoms with Crippen molar-refractivity contribution in [2.24, 2.45) is 0 Å². The Hall–Kier alpha value is -2.24. The number of benzene rings is 1. The van der Waals surface area contributed by atoms with Crippen LogP contribution in [0.1, 0.15) is 11.3 Å². The Labute approximate surface area is 142 Å². The normalized spacial score (nSPS) is 10.5. The Balaban J connectivity index is 1.68. The molecule has 0 atom stereocenters. The van der Waals surface area contributed by atoms with Crippen LogP contribution in [0.2, 0.25) is 5.02 Å². The Kier molecular flexibility index (Phi) is 4.69. The van der Waals surface area contributed by atoms with Gasteiger partial charge in [0.1, 0.15) is 10.8 Å². The summed E-state index contributed by atoms with van der Waals surface area (Å²) in [6, 6.07) is 8.94. The van der Waals surface area contributed by atoms with Crippen molar-refractivity contribution in [1.82, 2.24) is 9.97 Å². The summed E-state index contributed by atoms with van der Waals surface area (Å²) in [7, 11) is 0. The SMILES string of the molecule is Cc1cc(Cl)ccc1OC(=O)Cc1csc(-c2cccnc2)n1. The van der Waals surface area contributed by atoms with Crippen LogP contribution in [-0.4, -0.2) is 15.9 Å². The number of ether oxygens (including phenoxy) is 1. The first-order valence-corrected chi connectivity index (χ1v) is 8.19. The van der Waals surface area contributed by atoms with E-state index in [4.69, 9.17) is 16.3 Å². The molecule has 0 aliphatic carbocycles. The van der Waals surface area contributed by atoms with Crippen LogP contribution in [-0.2, 0) is 11.2 Å². The predicted molar refractivity (Wildman–Crippen MR) is 90.9 cm³/mol. The van der Waals surface area contributed by atoms with Crippen molar-refractivity contribution in [3.63, 3.8) is 0 Å². The number of halogens is 1. The third-order valence-corrected chi connectivity index (χ3v) is 4.32. The van der Waals surface area contributed by atoms with Gasteiger partial charge in [-0.05, 0) is 42.8 Å². The van der Waals surface area contributed by atoms with E-state index in [0.717, 1.165) is 16.1 Å². The lowest BCUT2D eigenvalue weighted by atomic mass is 10.2. The lowest BCUT2D eigenvalue weighted by Crippen LogP contribution is -2.12. The van der Waals surface area contributed by atoms with E-state index in [1.807, 2.05) is 24.4 Å². The van der Waals surface area contributed by atoms with Crippen molar-refractivity contribution in [2.45, 2.75) is 13.3 Å². The van der Waals surface area contributed by atoms with E-state index in [1.54, 1.807) is 30.6 Å². The molecule has 3 aromatic rings. The van der Waals surface area contributed by atoms with Crippen LogP contribution in [0.4, 0.5) is 0 Å². The maximum atomic E-state index is 12.1. The van der Waals surface area contributed by atoms with Gasteiger partial charge >= 0.3 is 5.97 Å². The molecule has 0 fully saturated rings. The summed E-state index contributed by atoms with van der Waals surface area (Å²) >= 11 is 7.37. The van der Waals surface area contributed by atoms with Gasteiger partial charge < -0.3 is 4.74 Å². The summed E-state index contributed by atoms with van der Waals surface area (Å²) in [4.78, 5) is 20.6. The van der Waals surface area contributed by atoms with Crippen LogP contribution >= 0.6 is 22.9 Å². The topological polar surface area (TPSA) is 52.1 Å². The fourth-order valence-electron chi connectivity index (χ4n) is 2.04. The summed E-state index contributed by atoms with van der Waals surface area (Å²) in [5.41, 5.74) is 2.44. The molecule has 4 nitrogen and oxygen atoms in total. The Morgan fingerprint density at radius 3 is 2.96 bits per heavy atom. The molecular formula is C17H13ClN2O2S. The first-order valence-electron chi connectivity index (χ1n) is 6.93. The quantitative estimate of drug-likeness (QED) is 0.522. The molecule has 0 radical (unpaired) electrons. The van der Waals surface area contributed by atoms with Gasteiger partial charge in [0.15, 0.2) is 0 Å². The Morgan fingerprint density at radius 2 is 2.22 bits per heavy atom. The highest BCUT2D eigenvalue weighted by atomic mass is 35.5. The zero-order valence-electron chi connectivity index (χ0n) is 12.3. The van der Waals surface area contributed by atoms with Gasteiger partial charge in [0.25, 0.3) is 0 Å². The molecule has 116 valence electrons. The van der Waals surface area contributed by atoms with E-state index in [1.165, 1.54) is 11.3 Å². The predicted octanol–water partition coefficient (Wildman–Crippen LogP) is 4.32. The summed E-state index contributed by atoms with van der Waals surface area (Å²) in [6.45, 7) is 1.85. The van der Waals surface area contributed by atoms with Crippen molar-refractivity contribution in [1.29, 1.82) is 0 Å². The minimum absolute atomic E-state index is 0.124. The summed E-state index contributed by atoms with van der Waals surface area (Å²) < 4.78 is 5.37. The molecule has 2 aromatic heterocycles. The van der Waals surface area contributed by atoms with Gasteiger partial charge in [-0.2, -0.15) is 0 Å². The summed E-state index contributed by atoms with van der Waals surface area (Å²) in [5, 5.41) is 3.31. The van der Waals surface area contributed by atoms with Gasteiger partial charge in [-0.25, -0.2) is 4.98 Å². The molecule has 6 heteroatoms. The number of hydrogen-bond acceptors (Lipinski definition) is 5. The second-order valence-electron chi connectivity index (χ2n) is 4.95. The van der Waals surface area contributed by atoms with Gasteiger partial charge in [0, 0.05) is 28.4 Å². The third kappa shape index (κ3) is 3.94. The molecule has 3 rings (SSSR count). The number of carbonyl (C=O) groups excluding carboxylic acids is 1. The van der Waals surface area contributed by atoms with Crippen molar-refractivity contribution in [2.75, 3.05) is 0 Å². The highest BCUT2D eigenvalue weighted by Gasteiger charge is 2.12. The molecular weight excluding hydrogens is 332 g/mol. The third-order valence-electron chi connectivity index (χ3n) is 3.15. The lowest BCUT2D eigenvalue weighted by Gasteiger charge is -2.06. The maximum Gasteiger partial charge on any atom is 0.317 e. The van der Waals surface area contributed by atoms with Crippen LogP contribution in [0.15, 0.2) is 48.1 Å². The van der Waals surface area contributed by atoms with Gasteiger partial charge in [-0.3, -0.25) is 9.78 Å². The van der Waals surface area contributed by atoms with Crippen molar-refractivity contribution in [3.05, 3.63) is 64.4 Å². The summed E-state index contributed by atoms with van der Waals surface area (Å²) in [5.74, 6) is 0.167. The fraction of sp³-hybridized carbons (Fsp3) is 0.118. The second kappa shape index (κ2) is 6.89. The van der Waals surface area contributed by atoms with Gasteiger partial charge in [0.05, 0.1) is 12.1 Å². The van der Waals surface area contributed by atoms with E-state index in [0.29, 0.717) is 16.5 Å². The number of aromatic nitrogens is 2. The Morgan fingerprint density at radius 1 is 1.35 bits per heavy atom. The molecule has 0 spiro atoms. The Bertz CT molecular complexity index is 834. The molecule has 0 unspecified atom stereocenters. The molecule has 0 saturated carbocycles. The van der Waals surface area contributed by atoms with Gasteiger partial charge in [-0.15, -0.1) is 11.3 Å². The fourth-order valence-corrected chi connectivity index (χ4v) is 3.08. The minimum atomic E-state index is -0.349. The minimum Gasteiger partial charge on any atom is -0.426 e. The highest BCUT2D eigenvalue weighted by Crippen LogP contribution is 2.24. The van der Waals surface area contributed by atoms with Crippen LogP contribution in [0, 0.1) is 6.92 Å². The smallest absolute Gasteiger partial charge is 0.317 e. The highest BCUT2D eigenvalue weighted by molar-refractivity contribution is 7.13. The van der Waals surface area contributed by atoms with E-state index in [9.17, 15) is 4.79 Å². The molecule has 0 amide bonds. The standard InChI is InChI=1S/C17H13ClN2O2S/c1-11-7-13(18)4-5-15(11)22-16(21)8-14-10-23-17(20-14)12-3-2-6-19-9-12/h2-7,9-10H,8H2,1H3. The number of thiazole rings is 1. The second-order valence-corrected chi connectivity index (χ2v) is 6.24. The van der Waals surface area contributed by atoms with Crippen LogP contribution in [0.5, 0.6) is 5.75 Å². The number of carbonyl (C=O) groups is 1. The summed E-state index contributed by atoms with van der Waals surface area (Å²) in [6.07, 6.45) is 3.58. The first kappa shape index (κ1) is 15.6. The number of pyridine rings is 1. The van der Waals surface area contributed by atoms with Crippen LogP contribution in [0.25, 0.3) is 10.6 Å². The average molecular weight is 345 g/mol. The van der Waals surface area contributed by atoms with Crippen LogP contribution in [0.3, 0.4) is 0 Å². The van der Waals surface area contributed by atoms with Gasteiger partial charge in [0.2, 0.25) is 0 Å². The molecule has 2 heterocycles. The number of esters is 1. The average Bonchev–Trinajstić information content (AvgIpc) is 2.99. The van der Waals surface area contributed by atoms with Crippen molar-refractivity contribution in [3.8, 4) is 16.3 Å². The monoisotopic (exact) mass is 344 g/mol. The van der Waals surface area contributed by atoms with Crippen molar-refractivity contribution >= 4 is 28.9 Å². The zero-order valence-corrected chi connectivity index (χ0v) is 13.9. The van der Waals surface area contributed by atoms with E-state index < -0.39 is 0 Å². The molecule has 0 saturated heterocycles. The zero-order chi connectivity index (χ0) is 16.2. The van der Waals surface area contributed by atoms with Crippen molar-refractivity contribution < 1.29 is 9.53 Å². The van der Waals surface area contributed by atoms with Crippen LogP contribution < -0.4 is 4.74 Å². The van der Waals surface area contributed by atoms with Gasteiger partial charge in [-0.1, -0.05) is 11.6 Å². The maximum absolute atomic E-state index is 12.1. The number of aryl methyl sites for hydroxylation is 1. The molecule has 23 heavy (non-hydrogen) atoms. The first-order chi connectivity index (χ1) is 11.1. The molecule has 0 aliphatic rings. The van der Waals surface area contributed by atoms with E-state index in [2.05, 4.69) is 9.97 Å².